The molecule has 1 aliphatic rings. The van der Waals surface area contributed by atoms with Crippen LogP contribution in [0.5, 0.6) is 0 Å². The molecule has 5 nitrogen and oxygen atoms in total. The van der Waals surface area contributed by atoms with Gasteiger partial charge in [-0.3, -0.25) is 9.59 Å². The highest BCUT2D eigenvalue weighted by Crippen LogP contribution is 2.20. The predicted molar refractivity (Wildman–Crippen MR) is 97.0 cm³/mol. The van der Waals surface area contributed by atoms with E-state index in [2.05, 4.69) is 17.3 Å². The number of anilines is 1. The summed E-state index contributed by atoms with van der Waals surface area (Å²) in [5.74, 6) is -0.355. The third-order valence-corrected chi connectivity index (χ3v) is 4.45. The minimum Gasteiger partial charge on any atom is -0.341 e. The standard InChI is InChI=1S/C19H28FN3O2/c1-13(2)9-18(24)21-17-6-5-15(10-16(17)20)19(25)23(4)12-14-7-8-22(3)11-14/h5-6,10,13-14H,7-9,11-12H2,1-4H3,(H,21,24)/t14-/m1/s1. The van der Waals surface area contributed by atoms with Gasteiger partial charge in [-0.1, -0.05) is 13.8 Å². The Hall–Kier alpha value is -1.95. The molecule has 1 aliphatic heterocycles. The van der Waals surface area contributed by atoms with Crippen LogP contribution in [-0.2, 0) is 4.79 Å². The first-order valence-corrected chi connectivity index (χ1v) is 8.79. The lowest BCUT2D eigenvalue weighted by atomic mass is 10.1. The van der Waals surface area contributed by atoms with Crippen molar-refractivity contribution in [3.05, 3.63) is 29.6 Å². The van der Waals surface area contributed by atoms with Crippen molar-refractivity contribution in [3.8, 4) is 0 Å². The molecule has 0 aromatic heterocycles. The lowest BCUT2D eigenvalue weighted by molar-refractivity contribution is -0.116. The van der Waals surface area contributed by atoms with Crippen LogP contribution in [0.25, 0.3) is 0 Å². The molecule has 2 rings (SSSR count). The number of hydrogen-bond donors (Lipinski definition) is 1. The summed E-state index contributed by atoms with van der Waals surface area (Å²) in [7, 11) is 3.82. The number of hydrogen-bond acceptors (Lipinski definition) is 3. The maximum absolute atomic E-state index is 14.2. The first-order valence-electron chi connectivity index (χ1n) is 8.79. The van der Waals surface area contributed by atoms with E-state index < -0.39 is 5.82 Å². The second-order valence-electron chi connectivity index (χ2n) is 7.44. The van der Waals surface area contributed by atoms with Gasteiger partial charge in [0.05, 0.1) is 5.69 Å². The summed E-state index contributed by atoms with van der Waals surface area (Å²) in [6.07, 6.45) is 1.40. The Morgan fingerprint density at radius 2 is 2.12 bits per heavy atom. The fourth-order valence-corrected chi connectivity index (χ4v) is 3.19. The van der Waals surface area contributed by atoms with Crippen molar-refractivity contribution in [2.45, 2.75) is 26.7 Å². The molecular formula is C19H28FN3O2. The van der Waals surface area contributed by atoms with Gasteiger partial charge in [-0.2, -0.15) is 0 Å². The van der Waals surface area contributed by atoms with Crippen molar-refractivity contribution in [3.63, 3.8) is 0 Å². The number of rotatable bonds is 6. The third-order valence-electron chi connectivity index (χ3n) is 4.45. The van der Waals surface area contributed by atoms with Crippen LogP contribution in [0.3, 0.4) is 0 Å². The molecule has 0 unspecified atom stereocenters. The van der Waals surface area contributed by atoms with Gasteiger partial charge < -0.3 is 15.1 Å². The summed E-state index contributed by atoms with van der Waals surface area (Å²) in [5.41, 5.74) is 0.412. The van der Waals surface area contributed by atoms with Crippen molar-refractivity contribution in [2.75, 3.05) is 39.0 Å². The average Bonchev–Trinajstić information content (AvgIpc) is 2.92. The van der Waals surface area contributed by atoms with Crippen molar-refractivity contribution in [1.29, 1.82) is 0 Å². The number of nitrogens with one attached hydrogen (secondary N) is 1. The summed E-state index contributed by atoms with van der Waals surface area (Å²) in [6, 6.07) is 4.22. The fourth-order valence-electron chi connectivity index (χ4n) is 3.19. The highest BCUT2D eigenvalue weighted by Gasteiger charge is 2.23. The van der Waals surface area contributed by atoms with Gasteiger partial charge in [0.2, 0.25) is 5.91 Å². The van der Waals surface area contributed by atoms with Crippen molar-refractivity contribution < 1.29 is 14.0 Å². The highest BCUT2D eigenvalue weighted by molar-refractivity contribution is 5.95. The zero-order chi connectivity index (χ0) is 18.6. The Labute approximate surface area is 149 Å². The molecular weight excluding hydrogens is 321 g/mol. The molecule has 1 aromatic rings. The Balaban J connectivity index is 1.98. The fraction of sp³-hybridized carbons (Fsp3) is 0.579. The third kappa shape index (κ3) is 5.53. The Morgan fingerprint density at radius 3 is 2.68 bits per heavy atom. The van der Waals surface area contributed by atoms with Gasteiger partial charge in [0.15, 0.2) is 0 Å². The topological polar surface area (TPSA) is 52.7 Å². The molecule has 1 heterocycles. The van der Waals surface area contributed by atoms with Crippen LogP contribution in [0.2, 0.25) is 0 Å². The summed E-state index contributed by atoms with van der Waals surface area (Å²) in [4.78, 5) is 28.2. The maximum Gasteiger partial charge on any atom is 0.253 e. The molecule has 138 valence electrons. The van der Waals surface area contributed by atoms with E-state index in [1.807, 2.05) is 13.8 Å². The van der Waals surface area contributed by atoms with E-state index in [1.54, 1.807) is 18.0 Å². The monoisotopic (exact) mass is 349 g/mol. The van der Waals surface area contributed by atoms with Crippen molar-refractivity contribution >= 4 is 17.5 Å². The average molecular weight is 349 g/mol. The van der Waals surface area contributed by atoms with E-state index in [9.17, 15) is 14.0 Å². The van der Waals surface area contributed by atoms with Crippen molar-refractivity contribution in [1.82, 2.24) is 9.80 Å². The minimum absolute atomic E-state index is 0.113. The predicted octanol–water partition coefficient (Wildman–Crippen LogP) is 2.83. The van der Waals surface area contributed by atoms with Gasteiger partial charge in [0, 0.05) is 32.1 Å². The number of amides is 2. The first-order chi connectivity index (χ1) is 11.8. The minimum atomic E-state index is -0.586. The van der Waals surface area contributed by atoms with E-state index in [0.717, 1.165) is 19.5 Å². The Morgan fingerprint density at radius 1 is 1.40 bits per heavy atom. The zero-order valence-electron chi connectivity index (χ0n) is 15.5. The second-order valence-corrected chi connectivity index (χ2v) is 7.44. The number of benzene rings is 1. The molecule has 0 radical (unpaired) electrons. The molecule has 1 saturated heterocycles. The van der Waals surface area contributed by atoms with Crippen LogP contribution in [0, 0.1) is 17.7 Å². The summed E-state index contributed by atoms with van der Waals surface area (Å²) in [6.45, 7) is 6.54. The van der Waals surface area contributed by atoms with Crippen LogP contribution in [-0.4, -0.2) is 55.3 Å². The number of nitrogens with zero attached hydrogens (tertiary/aromatic N) is 2. The first kappa shape index (κ1) is 19.4. The second kappa shape index (κ2) is 8.43. The Bertz CT molecular complexity index is 633. The SMILES string of the molecule is CC(C)CC(=O)Nc1ccc(C(=O)N(C)C[C@@H]2CCN(C)C2)cc1F. The summed E-state index contributed by atoms with van der Waals surface area (Å²) < 4.78 is 14.2. The van der Waals surface area contributed by atoms with Crippen LogP contribution in [0.4, 0.5) is 10.1 Å². The number of likely N-dealkylation sites (tertiary alicyclic amines) is 1. The lowest BCUT2D eigenvalue weighted by Crippen LogP contribution is -2.32. The molecule has 0 saturated carbocycles. The molecule has 6 heteroatoms. The summed E-state index contributed by atoms with van der Waals surface area (Å²) >= 11 is 0. The Kier molecular flexibility index (Phi) is 6.53. The van der Waals surface area contributed by atoms with Crippen molar-refractivity contribution in [2.24, 2.45) is 11.8 Å². The lowest BCUT2D eigenvalue weighted by Gasteiger charge is -2.21. The molecule has 0 aliphatic carbocycles. The van der Waals surface area contributed by atoms with E-state index in [4.69, 9.17) is 0 Å². The normalized spacial score (nSPS) is 17.8. The van der Waals surface area contributed by atoms with Gasteiger partial charge in [0.1, 0.15) is 5.82 Å². The van der Waals surface area contributed by atoms with E-state index in [1.165, 1.54) is 12.1 Å². The van der Waals surface area contributed by atoms with Gasteiger partial charge in [-0.15, -0.1) is 0 Å². The molecule has 1 N–H and O–H groups in total. The van der Waals surface area contributed by atoms with Crippen LogP contribution < -0.4 is 5.32 Å². The van der Waals surface area contributed by atoms with Gasteiger partial charge >= 0.3 is 0 Å². The number of halogens is 1. The smallest absolute Gasteiger partial charge is 0.253 e. The molecule has 1 aromatic carbocycles. The largest absolute Gasteiger partial charge is 0.341 e. The number of carbonyl (C=O) groups is 2. The quantitative estimate of drug-likeness (QED) is 0.859. The van der Waals surface area contributed by atoms with E-state index in [0.29, 0.717) is 24.4 Å². The highest BCUT2D eigenvalue weighted by atomic mass is 19.1. The van der Waals surface area contributed by atoms with E-state index in [-0.39, 0.29) is 23.4 Å². The van der Waals surface area contributed by atoms with Gasteiger partial charge in [-0.25, -0.2) is 4.39 Å². The number of carbonyl (C=O) groups excluding carboxylic acids is 2. The van der Waals surface area contributed by atoms with Crippen LogP contribution >= 0.6 is 0 Å². The zero-order valence-corrected chi connectivity index (χ0v) is 15.5. The van der Waals surface area contributed by atoms with E-state index >= 15 is 0 Å². The van der Waals surface area contributed by atoms with Gasteiger partial charge in [-0.05, 0) is 50.0 Å². The van der Waals surface area contributed by atoms with Gasteiger partial charge in [0.25, 0.3) is 5.91 Å². The molecule has 0 spiro atoms. The molecule has 2 amide bonds. The van der Waals surface area contributed by atoms with Crippen LogP contribution in [0.15, 0.2) is 18.2 Å². The molecule has 1 atom stereocenters. The molecule has 1 fully saturated rings. The molecule has 25 heavy (non-hydrogen) atoms. The maximum atomic E-state index is 14.2. The van der Waals surface area contributed by atoms with Crippen LogP contribution in [0.1, 0.15) is 37.0 Å². The summed E-state index contributed by atoms with van der Waals surface area (Å²) in [5, 5.41) is 2.56. The molecule has 0 bridgehead atoms.